The van der Waals surface area contributed by atoms with Gasteiger partial charge in [0, 0.05) is 25.6 Å². The SMILES string of the molecule is C[C@H](OC(=O)CN1C(=O)N[C@@]2(CCOc3ccccc32)C1=O)C(=O)N(C)CCC#N. The zero-order valence-electron chi connectivity index (χ0n) is 16.7. The van der Waals surface area contributed by atoms with Crippen LogP contribution in [0.4, 0.5) is 4.79 Å². The predicted octanol–water partition coefficient (Wildman–Crippen LogP) is 0.520. The van der Waals surface area contributed by atoms with Gasteiger partial charge in [-0.3, -0.25) is 19.3 Å². The third-order valence-electron chi connectivity index (χ3n) is 5.14. The quantitative estimate of drug-likeness (QED) is 0.531. The van der Waals surface area contributed by atoms with E-state index in [-0.39, 0.29) is 26.0 Å². The molecule has 1 fully saturated rings. The van der Waals surface area contributed by atoms with E-state index in [1.54, 1.807) is 24.3 Å². The summed E-state index contributed by atoms with van der Waals surface area (Å²) in [6.45, 7) is 1.22. The molecule has 0 radical (unpaired) electrons. The van der Waals surface area contributed by atoms with Crippen molar-refractivity contribution < 1.29 is 28.7 Å². The maximum atomic E-state index is 13.1. The van der Waals surface area contributed by atoms with E-state index >= 15 is 0 Å². The standard InChI is InChI=1S/C20H22N4O6/c1-13(17(26)23(2)10-5-9-21)30-16(25)12-24-18(27)20(22-19(24)28)8-11-29-15-7-4-3-6-14(15)20/h3-4,6-7,13H,5,8,10-12H2,1-2H3,(H,22,28)/t13-,20+/m0/s1. The molecule has 0 unspecified atom stereocenters. The number of nitrogens with zero attached hydrogens (tertiary/aromatic N) is 3. The van der Waals surface area contributed by atoms with Crippen LogP contribution in [0.1, 0.15) is 25.3 Å². The molecule has 1 spiro atoms. The van der Waals surface area contributed by atoms with E-state index in [9.17, 15) is 19.2 Å². The smallest absolute Gasteiger partial charge is 0.327 e. The summed E-state index contributed by atoms with van der Waals surface area (Å²) in [6, 6.07) is 8.13. The van der Waals surface area contributed by atoms with Crippen molar-refractivity contribution in [3.05, 3.63) is 29.8 Å². The normalized spacial score (nSPS) is 20.6. The highest BCUT2D eigenvalue weighted by Gasteiger charge is 2.55. The second-order valence-electron chi connectivity index (χ2n) is 7.12. The van der Waals surface area contributed by atoms with Crippen LogP contribution in [-0.4, -0.2) is 66.5 Å². The van der Waals surface area contributed by atoms with Gasteiger partial charge in [0.15, 0.2) is 11.6 Å². The number of benzene rings is 1. The van der Waals surface area contributed by atoms with Crippen LogP contribution in [0.5, 0.6) is 5.75 Å². The van der Waals surface area contributed by atoms with Gasteiger partial charge in [-0.1, -0.05) is 18.2 Å². The van der Waals surface area contributed by atoms with Crippen LogP contribution < -0.4 is 10.1 Å². The molecule has 0 aliphatic carbocycles. The molecule has 2 atom stereocenters. The molecular formula is C20H22N4O6. The van der Waals surface area contributed by atoms with E-state index in [4.69, 9.17) is 14.7 Å². The van der Waals surface area contributed by atoms with Crippen LogP contribution in [0.3, 0.4) is 0 Å². The Kier molecular flexibility index (Phi) is 5.91. The Morgan fingerprint density at radius 3 is 2.87 bits per heavy atom. The topological polar surface area (TPSA) is 129 Å². The number of amides is 4. The van der Waals surface area contributed by atoms with E-state index in [1.165, 1.54) is 18.9 Å². The summed E-state index contributed by atoms with van der Waals surface area (Å²) in [5.74, 6) is -1.43. The average Bonchev–Trinajstić information content (AvgIpc) is 2.96. The molecule has 10 heteroatoms. The van der Waals surface area contributed by atoms with Crippen molar-refractivity contribution in [3.8, 4) is 11.8 Å². The first-order valence-corrected chi connectivity index (χ1v) is 9.48. The minimum atomic E-state index is -1.29. The summed E-state index contributed by atoms with van der Waals surface area (Å²) < 4.78 is 10.7. The number of urea groups is 1. The molecule has 0 saturated carbocycles. The van der Waals surface area contributed by atoms with E-state index in [0.717, 1.165) is 4.90 Å². The zero-order chi connectivity index (χ0) is 21.9. The summed E-state index contributed by atoms with van der Waals surface area (Å²) in [4.78, 5) is 52.2. The fraction of sp³-hybridized carbons (Fsp3) is 0.450. The summed E-state index contributed by atoms with van der Waals surface area (Å²) in [6.07, 6.45) is -0.725. The molecule has 1 aromatic carbocycles. The van der Waals surface area contributed by atoms with Crippen LogP contribution in [0.15, 0.2) is 24.3 Å². The summed E-state index contributed by atoms with van der Waals surface area (Å²) >= 11 is 0. The zero-order valence-corrected chi connectivity index (χ0v) is 16.7. The van der Waals surface area contributed by atoms with Crippen molar-refractivity contribution in [2.75, 3.05) is 26.7 Å². The number of rotatable bonds is 6. The fourth-order valence-electron chi connectivity index (χ4n) is 3.57. The van der Waals surface area contributed by atoms with Gasteiger partial charge in [0.2, 0.25) is 0 Å². The van der Waals surface area contributed by atoms with Gasteiger partial charge in [0.05, 0.1) is 19.1 Å². The van der Waals surface area contributed by atoms with E-state index in [2.05, 4.69) is 5.32 Å². The lowest BCUT2D eigenvalue weighted by atomic mass is 9.84. The van der Waals surface area contributed by atoms with Crippen LogP contribution in [0.25, 0.3) is 0 Å². The first-order valence-electron chi connectivity index (χ1n) is 9.48. The maximum Gasteiger partial charge on any atom is 0.327 e. The van der Waals surface area contributed by atoms with Gasteiger partial charge < -0.3 is 19.7 Å². The number of esters is 1. The molecule has 1 aromatic rings. The molecule has 4 amide bonds. The molecule has 0 aromatic heterocycles. The molecule has 1 N–H and O–H groups in total. The summed E-state index contributed by atoms with van der Waals surface area (Å²) in [5.41, 5.74) is -0.751. The molecule has 2 aliphatic rings. The van der Waals surface area contributed by atoms with E-state index in [0.29, 0.717) is 11.3 Å². The second kappa shape index (κ2) is 8.41. The number of carbonyl (C=O) groups excluding carboxylic acids is 4. The fourth-order valence-corrected chi connectivity index (χ4v) is 3.57. The molecule has 3 rings (SSSR count). The number of carbonyl (C=O) groups is 4. The van der Waals surface area contributed by atoms with Crippen LogP contribution in [0, 0.1) is 11.3 Å². The lowest BCUT2D eigenvalue weighted by Crippen LogP contribution is -2.48. The minimum absolute atomic E-state index is 0.151. The third kappa shape index (κ3) is 3.78. The Labute approximate surface area is 173 Å². The predicted molar refractivity (Wildman–Crippen MR) is 102 cm³/mol. The van der Waals surface area contributed by atoms with E-state index < -0.39 is 42.0 Å². The molecule has 0 bridgehead atoms. The van der Waals surface area contributed by atoms with Crippen molar-refractivity contribution in [1.82, 2.24) is 15.1 Å². The highest BCUT2D eigenvalue weighted by atomic mass is 16.5. The van der Waals surface area contributed by atoms with Gasteiger partial charge in [-0.2, -0.15) is 5.26 Å². The highest BCUT2D eigenvalue weighted by molar-refractivity contribution is 6.09. The van der Waals surface area contributed by atoms with Gasteiger partial charge in [-0.15, -0.1) is 0 Å². The third-order valence-corrected chi connectivity index (χ3v) is 5.14. The number of ether oxygens (including phenoxy) is 2. The number of nitrogens with one attached hydrogen (secondary N) is 1. The number of para-hydroxylation sites is 1. The molecule has 30 heavy (non-hydrogen) atoms. The Bertz CT molecular complexity index is 926. The molecule has 1 saturated heterocycles. The van der Waals surface area contributed by atoms with Gasteiger partial charge in [-0.05, 0) is 13.0 Å². The van der Waals surface area contributed by atoms with Crippen molar-refractivity contribution in [2.24, 2.45) is 0 Å². The van der Waals surface area contributed by atoms with Gasteiger partial charge in [-0.25, -0.2) is 4.79 Å². The molecule has 158 valence electrons. The first-order chi connectivity index (χ1) is 14.3. The van der Waals surface area contributed by atoms with Gasteiger partial charge in [0.1, 0.15) is 12.3 Å². The second-order valence-corrected chi connectivity index (χ2v) is 7.12. The number of imide groups is 1. The Morgan fingerprint density at radius 1 is 1.40 bits per heavy atom. The number of fused-ring (bicyclic) bond motifs is 2. The highest BCUT2D eigenvalue weighted by Crippen LogP contribution is 2.40. The lowest BCUT2D eigenvalue weighted by Gasteiger charge is -2.33. The van der Waals surface area contributed by atoms with Crippen molar-refractivity contribution in [1.29, 1.82) is 5.26 Å². The van der Waals surface area contributed by atoms with Crippen molar-refractivity contribution >= 4 is 23.8 Å². The Hall–Kier alpha value is -3.61. The van der Waals surface area contributed by atoms with Gasteiger partial charge in [0.25, 0.3) is 11.8 Å². The molecule has 2 heterocycles. The Balaban J connectivity index is 1.68. The van der Waals surface area contributed by atoms with Crippen molar-refractivity contribution in [3.63, 3.8) is 0 Å². The maximum absolute atomic E-state index is 13.1. The minimum Gasteiger partial charge on any atom is -0.493 e. The number of hydrogen-bond acceptors (Lipinski definition) is 7. The number of nitriles is 1. The number of likely N-dealkylation sites (N-methyl/N-ethyl adjacent to an activating group) is 1. The first kappa shape index (κ1) is 21.1. The summed E-state index contributed by atoms with van der Waals surface area (Å²) in [7, 11) is 1.49. The van der Waals surface area contributed by atoms with Crippen LogP contribution >= 0.6 is 0 Å². The Morgan fingerprint density at radius 2 is 2.13 bits per heavy atom. The molecule has 10 nitrogen and oxygen atoms in total. The van der Waals surface area contributed by atoms with E-state index in [1.807, 2.05) is 6.07 Å². The van der Waals surface area contributed by atoms with Crippen molar-refractivity contribution in [2.45, 2.75) is 31.4 Å². The largest absolute Gasteiger partial charge is 0.493 e. The van der Waals surface area contributed by atoms with Crippen LogP contribution in [0.2, 0.25) is 0 Å². The summed E-state index contributed by atoms with van der Waals surface area (Å²) in [5, 5.41) is 11.3. The number of hydrogen-bond donors (Lipinski definition) is 1. The average molecular weight is 414 g/mol. The van der Waals surface area contributed by atoms with Gasteiger partial charge >= 0.3 is 12.0 Å². The monoisotopic (exact) mass is 414 g/mol. The molecular weight excluding hydrogens is 392 g/mol. The lowest BCUT2D eigenvalue weighted by molar-refractivity contribution is -0.160. The molecule has 2 aliphatic heterocycles. The van der Waals surface area contributed by atoms with Crippen LogP contribution in [-0.2, 0) is 24.7 Å².